The van der Waals surface area contributed by atoms with Gasteiger partial charge in [-0.3, -0.25) is 19.7 Å². The number of hydrogen-bond donors (Lipinski definition) is 1. The number of aryl methyl sites for hydroxylation is 1. The van der Waals surface area contributed by atoms with Gasteiger partial charge in [0.15, 0.2) is 0 Å². The predicted molar refractivity (Wildman–Crippen MR) is 128 cm³/mol. The van der Waals surface area contributed by atoms with Crippen molar-refractivity contribution in [3.63, 3.8) is 0 Å². The first-order chi connectivity index (χ1) is 15.3. The highest BCUT2D eigenvalue weighted by Gasteiger charge is 2.28. The van der Waals surface area contributed by atoms with Crippen LogP contribution in [0.2, 0.25) is 0 Å². The van der Waals surface area contributed by atoms with Crippen molar-refractivity contribution in [1.29, 1.82) is 0 Å². The number of nitrogens with zero attached hydrogens (tertiary/aromatic N) is 2. The summed E-state index contributed by atoms with van der Waals surface area (Å²) < 4.78 is 0. The third kappa shape index (κ3) is 7.67. The summed E-state index contributed by atoms with van der Waals surface area (Å²) in [5, 5.41) is 13.7. The first-order valence-corrected chi connectivity index (χ1v) is 11.9. The lowest BCUT2D eigenvalue weighted by Crippen LogP contribution is -2.49. The fourth-order valence-corrected chi connectivity index (χ4v) is 4.10. The number of nitro groups is 1. The summed E-state index contributed by atoms with van der Waals surface area (Å²) in [6, 6.07) is 13.8. The zero-order chi connectivity index (χ0) is 23.5. The summed E-state index contributed by atoms with van der Waals surface area (Å²) >= 11 is 1.43. The molecule has 1 N–H and O–H groups in total. The summed E-state index contributed by atoms with van der Waals surface area (Å²) in [6.45, 7) is 6.86. The zero-order valence-corrected chi connectivity index (χ0v) is 19.7. The highest BCUT2D eigenvalue weighted by Crippen LogP contribution is 2.19. The van der Waals surface area contributed by atoms with E-state index in [2.05, 4.69) is 5.32 Å². The van der Waals surface area contributed by atoms with E-state index in [4.69, 9.17) is 0 Å². The van der Waals surface area contributed by atoms with Crippen molar-refractivity contribution < 1.29 is 14.5 Å². The van der Waals surface area contributed by atoms with E-state index in [9.17, 15) is 19.7 Å². The molecular weight excluding hydrogens is 426 g/mol. The number of amides is 2. The molecule has 2 rings (SSSR count). The van der Waals surface area contributed by atoms with E-state index < -0.39 is 11.0 Å². The van der Waals surface area contributed by atoms with Gasteiger partial charge in [-0.1, -0.05) is 55.8 Å². The highest BCUT2D eigenvalue weighted by molar-refractivity contribution is 7.99. The minimum atomic E-state index is -0.532. The van der Waals surface area contributed by atoms with Crippen LogP contribution in [0.25, 0.3) is 0 Å². The minimum absolute atomic E-state index is 0.0444. The van der Waals surface area contributed by atoms with Crippen LogP contribution in [0, 0.1) is 17.0 Å². The molecule has 0 heterocycles. The van der Waals surface area contributed by atoms with Crippen LogP contribution in [0.15, 0.2) is 48.5 Å². The standard InChI is InChI=1S/C24H31N3O4S/c1-4-14-25-24(29)22(5-2)26(15-19-8-6-18(3)7-9-19)23(28)17-32-16-20-10-12-21(13-11-20)27(30)31/h6-13,22H,4-5,14-17H2,1-3H3,(H,25,29)/t22-/m0/s1. The fourth-order valence-electron chi connectivity index (χ4n) is 3.23. The molecule has 0 saturated heterocycles. The van der Waals surface area contributed by atoms with Crippen LogP contribution < -0.4 is 5.32 Å². The second kappa shape index (κ2) is 12.9. The van der Waals surface area contributed by atoms with E-state index in [1.54, 1.807) is 17.0 Å². The van der Waals surface area contributed by atoms with Gasteiger partial charge in [0.1, 0.15) is 6.04 Å². The molecule has 0 spiro atoms. The van der Waals surface area contributed by atoms with E-state index in [1.165, 1.54) is 23.9 Å². The summed E-state index contributed by atoms with van der Waals surface area (Å²) in [6.07, 6.45) is 1.36. The molecule has 2 aromatic rings. The van der Waals surface area contributed by atoms with Gasteiger partial charge in [0.2, 0.25) is 11.8 Å². The van der Waals surface area contributed by atoms with Crippen LogP contribution in [0.3, 0.4) is 0 Å². The van der Waals surface area contributed by atoms with E-state index in [0.29, 0.717) is 25.3 Å². The zero-order valence-electron chi connectivity index (χ0n) is 18.9. The smallest absolute Gasteiger partial charge is 0.269 e. The normalized spacial score (nSPS) is 11.6. The molecule has 0 unspecified atom stereocenters. The molecular formula is C24H31N3O4S. The van der Waals surface area contributed by atoms with Gasteiger partial charge in [-0.05, 0) is 30.9 Å². The first-order valence-electron chi connectivity index (χ1n) is 10.8. The van der Waals surface area contributed by atoms with Crippen molar-refractivity contribution >= 4 is 29.3 Å². The lowest BCUT2D eigenvalue weighted by molar-refractivity contribution is -0.384. The van der Waals surface area contributed by atoms with Crippen molar-refractivity contribution in [3.05, 3.63) is 75.3 Å². The number of carbonyl (C=O) groups is 2. The van der Waals surface area contributed by atoms with Crippen molar-refractivity contribution in [1.82, 2.24) is 10.2 Å². The van der Waals surface area contributed by atoms with Gasteiger partial charge in [-0.2, -0.15) is 0 Å². The maximum absolute atomic E-state index is 13.2. The number of non-ortho nitro benzene ring substituents is 1. The van der Waals surface area contributed by atoms with Crippen molar-refractivity contribution in [2.45, 2.75) is 52.0 Å². The molecule has 0 saturated carbocycles. The Hall–Kier alpha value is -2.87. The van der Waals surface area contributed by atoms with E-state index >= 15 is 0 Å². The number of thioether (sulfide) groups is 1. The SMILES string of the molecule is CCCNC(=O)[C@H](CC)N(Cc1ccc(C)cc1)C(=O)CSCc1ccc([N+](=O)[O-])cc1. The Bertz CT molecular complexity index is 900. The molecule has 2 aromatic carbocycles. The number of hydrogen-bond acceptors (Lipinski definition) is 5. The number of benzene rings is 2. The summed E-state index contributed by atoms with van der Waals surface area (Å²) in [7, 11) is 0. The summed E-state index contributed by atoms with van der Waals surface area (Å²) in [5.74, 6) is 0.549. The van der Waals surface area contributed by atoms with Crippen LogP contribution in [-0.4, -0.2) is 40.0 Å². The summed E-state index contributed by atoms with van der Waals surface area (Å²) in [5.41, 5.74) is 3.07. The van der Waals surface area contributed by atoms with Gasteiger partial charge < -0.3 is 10.2 Å². The molecule has 7 nitrogen and oxygen atoms in total. The van der Waals surface area contributed by atoms with Crippen LogP contribution in [0.4, 0.5) is 5.69 Å². The lowest BCUT2D eigenvalue weighted by atomic mass is 10.1. The third-order valence-corrected chi connectivity index (χ3v) is 6.04. The van der Waals surface area contributed by atoms with E-state index in [0.717, 1.165) is 23.1 Å². The molecule has 0 bridgehead atoms. The lowest BCUT2D eigenvalue weighted by Gasteiger charge is -2.30. The molecule has 172 valence electrons. The Balaban J connectivity index is 2.08. The Kier molecular flexibility index (Phi) is 10.2. The predicted octanol–water partition coefficient (Wildman–Crippen LogP) is 4.47. The minimum Gasteiger partial charge on any atom is -0.354 e. The van der Waals surface area contributed by atoms with Crippen LogP contribution in [0.1, 0.15) is 43.4 Å². The van der Waals surface area contributed by atoms with Crippen molar-refractivity contribution in [3.8, 4) is 0 Å². The topological polar surface area (TPSA) is 92.6 Å². The molecule has 2 amide bonds. The van der Waals surface area contributed by atoms with Crippen LogP contribution >= 0.6 is 11.8 Å². The Morgan fingerprint density at radius 1 is 1.06 bits per heavy atom. The van der Waals surface area contributed by atoms with Crippen molar-refractivity contribution in [2.24, 2.45) is 0 Å². The largest absolute Gasteiger partial charge is 0.354 e. The monoisotopic (exact) mass is 457 g/mol. The first kappa shape index (κ1) is 25.4. The van der Waals surface area contributed by atoms with Gasteiger partial charge in [0.25, 0.3) is 5.69 Å². The second-order valence-electron chi connectivity index (χ2n) is 7.64. The maximum atomic E-state index is 13.2. The van der Waals surface area contributed by atoms with E-state index in [-0.39, 0.29) is 23.3 Å². The molecule has 0 aliphatic carbocycles. The highest BCUT2D eigenvalue weighted by atomic mass is 32.2. The molecule has 1 atom stereocenters. The average molecular weight is 458 g/mol. The van der Waals surface area contributed by atoms with Gasteiger partial charge >= 0.3 is 0 Å². The quantitative estimate of drug-likeness (QED) is 0.375. The Morgan fingerprint density at radius 3 is 2.25 bits per heavy atom. The van der Waals surface area contributed by atoms with Crippen molar-refractivity contribution in [2.75, 3.05) is 12.3 Å². The van der Waals surface area contributed by atoms with E-state index in [1.807, 2.05) is 45.0 Å². The number of rotatable bonds is 12. The van der Waals surface area contributed by atoms with Crippen LogP contribution in [-0.2, 0) is 21.9 Å². The van der Waals surface area contributed by atoms with Gasteiger partial charge in [-0.25, -0.2) is 0 Å². The van der Waals surface area contributed by atoms with Gasteiger partial charge in [-0.15, -0.1) is 11.8 Å². The van der Waals surface area contributed by atoms with Gasteiger partial charge in [0.05, 0.1) is 10.7 Å². The third-order valence-electron chi connectivity index (χ3n) is 5.05. The molecule has 0 fully saturated rings. The molecule has 0 aliphatic heterocycles. The molecule has 32 heavy (non-hydrogen) atoms. The molecule has 8 heteroatoms. The Morgan fingerprint density at radius 2 is 1.69 bits per heavy atom. The fraction of sp³-hybridized carbons (Fsp3) is 0.417. The molecule has 0 aromatic heterocycles. The number of nitro benzene ring substituents is 1. The van der Waals surface area contributed by atoms with Gasteiger partial charge in [0, 0.05) is 31.0 Å². The average Bonchev–Trinajstić information content (AvgIpc) is 2.79. The number of carbonyl (C=O) groups excluding carboxylic acids is 2. The summed E-state index contributed by atoms with van der Waals surface area (Å²) in [4.78, 5) is 37.9. The number of nitrogens with one attached hydrogen (secondary N) is 1. The second-order valence-corrected chi connectivity index (χ2v) is 8.62. The maximum Gasteiger partial charge on any atom is 0.269 e. The van der Waals surface area contributed by atoms with Crippen LogP contribution in [0.5, 0.6) is 0 Å². The molecule has 0 radical (unpaired) electrons. The molecule has 0 aliphatic rings. The Labute approximate surface area is 193 Å².